The van der Waals surface area contributed by atoms with E-state index in [0.29, 0.717) is 35.2 Å². The lowest BCUT2D eigenvalue weighted by Gasteiger charge is -2.25. The summed E-state index contributed by atoms with van der Waals surface area (Å²) in [6.07, 6.45) is 0. The summed E-state index contributed by atoms with van der Waals surface area (Å²) in [5.41, 5.74) is 0.547. The first kappa shape index (κ1) is 25.0. The van der Waals surface area contributed by atoms with Gasteiger partial charge in [0.1, 0.15) is 0 Å². The number of hydrogen-bond donors (Lipinski definition) is 0. The second kappa shape index (κ2) is 10.5. The number of nitrogens with zero attached hydrogens (tertiary/aromatic N) is 4. The maximum atomic E-state index is 13.5. The second-order valence-electron chi connectivity index (χ2n) is 7.07. The molecule has 0 bridgehead atoms. The molecule has 2 aromatic carbocycles. The van der Waals surface area contributed by atoms with E-state index in [1.165, 1.54) is 34.4 Å². The number of ether oxygens (including phenoxy) is 2. The maximum absolute atomic E-state index is 13.5. The van der Waals surface area contributed by atoms with Gasteiger partial charge in [-0.25, -0.2) is 4.98 Å². The molecule has 33 heavy (non-hydrogen) atoms. The highest BCUT2D eigenvalue weighted by Crippen LogP contribution is 2.40. The van der Waals surface area contributed by atoms with E-state index in [4.69, 9.17) is 21.1 Å². The number of hydrogen-bond acceptors (Lipinski definition) is 8. The molecule has 0 saturated carbocycles. The SMILES string of the molecule is CCN(CC)CCN(C(=O)c1cc([N+](=O)[O-])ccc1Cl)c1nc2cc3c(cc2s1)OCO3.Cl. The van der Waals surface area contributed by atoms with Gasteiger partial charge in [0.25, 0.3) is 11.6 Å². The quantitative estimate of drug-likeness (QED) is 0.309. The van der Waals surface area contributed by atoms with Crippen molar-refractivity contribution in [1.29, 1.82) is 0 Å². The van der Waals surface area contributed by atoms with Gasteiger partial charge in [-0.15, -0.1) is 12.4 Å². The average Bonchev–Trinajstić information content (AvgIpc) is 3.40. The van der Waals surface area contributed by atoms with Gasteiger partial charge in [-0.05, 0) is 19.2 Å². The van der Waals surface area contributed by atoms with Gasteiger partial charge in [-0.1, -0.05) is 36.8 Å². The first-order chi connectivity index (χ1) is 15.4. The molecule has 1 aromatic heterocycles. The zero-order valence-corrected chi connectivity index (χ0v) is 20.3. The lowest BCUT2D eigenvalue weighted by Crippen LogP contribution is -2.39. The molecule has 0 atom stereocenters. The Morgan fingerprint density at radius 2 is 1.88 bits per heavy atom. The molecule has 0 spiro atoms. The van der Waals surface area contributed by atoms with Crippen LogP contribution < -0.4 is 14.4 Å². The minimum absolute atomic E-state index is 0. The molecule has 1 aliphatic rings. The van der Waals surface area contributed by atoms with Gasteiger partial charge < -0.3 is 14.4 Å². The molecule has 0 saturated heterocycles. The zero-order valence-electron chi connectivity index (χ0n) is 17.9. The average molecular weight is 513 g/mol. The normalized spacial score (nSPS) is 12.1. The smallest absolute Gasteiger partial charge is 0.270 e. The Morgan fingerprint density at radius 1 is 1.18 bits per heavy atom. The first-order valence-electron chi connectivity index (χ1n) is 10.1. The minimum atomic E-state index is -0.549. The standard InChI is InChI=1S/C21H21ClN4O5S.ClH/c1-3-24(4-2)7-8-25(20(27)14-9-13(26(28)29)5-6-15(14)22)21-23-16-10-17-18(31-12-30-17)11-19(16)32-21;/h5-6,9-11H,3-4,7-8,12H2,1-2H3;1H. The van der Waals surface area contributed by atoms with Crippen LogP contribution in [0.5, 0.6) is 11.5 Å². The van der Waals surface area contributed by atoms with Crippen molar-refractivity contribution >= 4 is 62.3 Å². The van der Waals surface area contributed by atoms with Crippen molar-refractivity contribution in [1.82, 2.24) is 9.88 Å². The van der Waals surface area contributed by atoms with Gasteiger partial charge in [-0.2, -0.15) is 0 Å². The first-order valence-corrected chi connectivity index (χ1v) is 11.3. The predicted octanol–water partition coefficient (Wildman–Crippen LogP) is 5.00. The molecular formula is C21H22Cl2N4O5S. The van der Waals surface area contributed by atoms with Crippen molar-refractivity contribution in [3.63, 3.8) is 0 Å². The fourth-order valence-corrected chi connectivity index (χ4v) is 4.62. The van der Waals surface area contributed by atoms with Crippen molar-refractivity contribution in [2.45, 2.75) is 13.8 Å². The summed E-state index contributed by atoms with van der Waals surface area (Å²) in [4.78, 5) is 32.6. The van der Waals surface area contributed by atoms with Gasteiger partial charge in [-0.3, -0.25) is 19.8 Å². The van der Waals surface area contributed by atoms with Crippen LogP contribution in [0.15, 0.2) is 30.3 Å². The molecule has 4 rings (SSSR count). The van der Waals surface area contributed by atoms with Crippen LogP contribution in [0.25, 0.3) is 10.2 Å². The molecule has 0 aliphatic carbocycles. The molecular weight excluding hydrogens is 491 g/mol. The van der Waals surface area contributed by atoms with Gasteiger partial charge >= 0.3 is 0 Å². The van der Waals surface area contributed by atoms with Crippen molar-refractivity contribution in [2.24, 2.45) is 0 Å². The zero-order chi connectivity index (χ0) is 22.8. The molecule has 0 unspecified atom stereocenters. The number of halogens is 2. The number of aromatic nitrogens is 1. The minimum Gasteiger partial charge on any atom is -0.454 e. The van der Waals surface area contributed by atoms with E-state index in [9.17, 15) is 14.9 Å². The molecule has 2 heterocycles. The lowest BCUT2D eigenvalue weighted by molar-refractivity contribution is -0.384. The van der Waals surface area contributed by atoms with Crippen LogP contribution in [0.2, 0.25) is 5.02 Å². The van der Waals surface area contributed by atoms with Gasteiger partial charge in [0, 0.05) is 37.4 Å². The summed E-state index contributed by atoms with van der Waals surface area (Å²) >= 11 is 7.60. The van der Waals surface area contributed by atoms with Crippen LogP contribution in [-0.4, -0.2) is 53.7 Å². The number of carbonyl (C=O) groups excluding carboxylic acids is 1. The number of rotatable bonds is 8. The van der Waals surface area contributed by atoms with Crippen molar-refractivity contribution in [2.75, 3.05) is 37.9 Å². The highest BCUT2D eigenvalue weighted by Gasteiger charge is 2.26. The maximum Gasteiger partial charge on any atom is 0.270 e. The lowest BCUT2D eigenvalue weighted by atomic mass is 10.1. The number of likely N-dealkylation sites (N-methyl/N-ethyl adjacent to an activating group) is 1. The van der Waals surface area contributed by atoms with Crippen LogP contribution in [0.4, 0.5) is 10.8 Å². The Balaban J connectivity index is 0.00000306. The van der Waals surface area contributed by atoms with Gasteiger partial charge in [0.05, 0.1) is 25.7 Å². The summed E-state index contributed by atoms with van der Waals surface area (Å²) in [5.74, 6) is 0.803. The molecule has 12 heteroatoms. The number of anilines is 1. The summed E-state index contributed by atoms with van der Waals surface area (Å²) in [5, 5.41) is 11.9. The van der Waals surface area contributed by atoms with Crippen LogP contribution in [0.1, 0.15) is 24.2 Å². The number of carbonyl (C=O) groups is 1. The Hall–Kier alpha value is -2.66. The van der Waals surface area contributed by atoms with E-state index < -0.39 is 10.8 Å². The highest BCUT2D eigenvalue weighted by molar-refractivity contribution is 7.22. The van der Waals surface area contributed by atoms with Gasteiger partial charge in [0.15, 0.2) is 16.6 Å². The number of amides is 1. The Morgan fingerprint density at radius 3 is 2.55 bits per heavy atom. The van der Waals surface area contributed by atoms with Crippen molar-refractivity contribution in [3.8, 4) is 11.5 Å². The summed E-state index contributed by atoms with van der Waals surface area (Å²) in [7, 11) is 0. The molecule has 0 N–H and O–H groups in total. The third kappa shape index (κ3) is 5.14. The van der Waals surface area contributed by atoms with E-state index in [2.05, 4.69) is 9.88 Å². The molecule has 176 valence electrons. The number of nitro groups is 1. The van der Waals surface area contributed by atoms with Crippen molar-refractivity contribution < 1.29 is 19.2 Å². The third-order valence-electron chi connectivity index (χ3n) is 5.27. The molecule has 1 aliphatic heterocycles. The number of non-ortho nitro benzene ring substituents is 1. The molecule has 3 aromatic rings. The molecule has 9 nitrogen and oxygen atoms in total. The molecule has 0 radical (unpaired) electrons. The highest BCUT2D eigenvalue weighted by atomic mass is 35.5. The van der Waals surface area contributed by atoms with Crippen LogP contribution >= 0.6 is 35.3 Å². The number of fused-ring (bicyclic) bond motifs is 2. The fourth-order valence-electron chi connectivity index (χ4n) is 3.42. The predicted molar refractivity (Wildman–Crippen MR) is 131 cm³/mol. The summed E-state index contributed by atoms with van der Waals surface area (Å²) < 4.78 is 11.7. The Bertz CT molecular complexity index is 1140. The largest absolute Gasteiger partial charge is 0.454 e. The van der Waals surface area contributed by atoms with Crippen LogP contribution in [0.3, 0.4) is 0 Å². The number of benzene rings is 2. The van der Waals surface area contributed by atoms with E-state index in [0.717, 1.165) is 17.8 Å². The van der Waals surface area contributed by atoms with E-state index in [1.54, 1.807) is 6.07 Å². The van der Waals surface area contributed by atoms with Crippen molar-refractivity contribution in [3.05, 3.63) is 51.0 Å². The summed E-state index contributed by atoms with van der Waals surface area (Å²) in [6, 6.07) is 7.47. The van der Waals surface area contributed by atoms with E-state index in [-0.39, 0.29) is 35.5 Å². The van der Waals surface area contributed by atoms with Gasteiger partial charge in [0.2, 0.25) is 6.79 Å². The van der Waals surface area contributed by atoms with E-state index >= 15 is 0 Å². The van der Waals surface area contributed by atoms with Crippen LogP contribution in [0, 0.1) is 10.1 Å². The topological polar surface area (TPSA) is 98.0 Å². The fraction of sp³-hybridized carbons (Fsp3) is 0.333. The summed E-state index contributed by atoms with van der Waals surface area (Å²) in [6.45, 7) is 6.89. The Kier molecular flexibility index (Phi) is 7.96. The van der Waals surface area contributed by atoms with E-state index in [1.807, 2.05) is 19.9 Å². The van der Waals surface area contributed by atoms with Crippen LogP contribution in [-0.2, 0) is 0 Å². The number of thiazole rings is 1. The monoisotopic (exact) mass is 512 g/mol. The number of nitro benzene ring substituents is 1. The molecule has 0 fully saturated rings. The second-order valence-corrected chi connectivity index (χ2v) is 8.49. The molecule has 1 amide bonds. The third-order valence-corrected chi connectivity index (χ3v) is 6.64. The Labute approximate surface area is 205 Å².